The monoisotopic (exact) mass is 270 g/mol. The van der Waals surface area contributed by atoms with Gasteiger partial charge in [0.15, 0.2) is 0 Å². The topological polar surface area (TPSA) is 44.3 Å². The first-order valence-electron chi connectivity index (χ1n) is 6.82. The Kier molecular flexibility index (Phi) is 4.42. The number of benzene rings is 2. The van der Waals surface area contributed by atoms with Crippen molar-refractivity contribution in [3.05, 3.63) is 59.7 Å². The Morgan fingerprint density at radius 2 is 1.65 bits per heavy atom. The van der Waals surface area contributed by atoms with Crippen LogP contribution in [-0.4, -0.2) is 5.21 Å². The van der Waals surface area contributed by atoms with E-state index in [1.54, 1.807) is 0 Å². The summed E-state index contributed by atoms with van der Waals surface area (Å²) >= 11 is 0. The Balaban J connectivity index is 2.13. The third-order valence-corrected chi connectivity index (χ3v) is 3.25. The predicted octanol–water partition coefficient (Wildman–Crippen LogP) is 4.21. The largest absolute Gasteiger partial charge is 0.356 e. The second kappa shape index (κ2) is 6.07. The highest BCUT2D eigenvalue weighted by molar-refractivity contribution is 5.60. The van der Waals surface area contributed by atoms with E-state index in [0.717, 1.165) is 16.9 Å². The molecule has 0 spiro atoms. The number of hydroxylamine groups is 1. The minimum atomic E-state index is 0.147. The summed E-state index contributed by atoms with van der Waals surface area (Å²) in [7, 11) is 0. The van der Waals surface area contributed by atoms with Gasteiger partial charge in [-0.2, -0.15) is 0 Å². The number of nitrogens with one attached hydrogen (secondary N) is 2. The molecule has 2 rings (SSSR count). The molecule has 0 heterocycles. The van der Waals surface area contributed by atoms with E-state index >= 15 is 0 Å². The minimum Gasteiger partial charge on any atom is -0.356 e. The molecule has 106 valence electrons. The van der Waals surface area contributed by atoms with E-state index < -0.39 is 0 Å². The van der Waals surface area contributed by atoms with Crippen molar-refractivity contribution in [2.45, 2.75) is 32.7 Å². The Hall–Kier alpha value is -1.84. The Labute approximate surface area is 120 Å². The fraction of sp³-hybridized carbons (Fsp3) is 0.294. The quantitative estimate of drug-likeness (QED) is 0.729. The van der Waals surface area contributed by atoms with Crippen LogP contribution in [0.1, 0.15) is 31.9 Å². The van der Waals surface area contributed by atoms with Gasteiger partial charge in [-0.15, -0.1) is 0 Å². The summed E-state index contributed by atoms with van der Waals surface area (Å²) in [5.41, 5.74) is 6.78. The molecule has 0 fully saturated rings. The Morgan fingerprint density at radius 1 is 0.950 bits per heavy atom. The van der Waals surface area contributed by atoms with Crippen molar-refractivity contribution >= 4 is 11.4 Å². The normalized spacial score (nSPS) is 11.4. The van der Waals surface area contributed by atoms with Gasteiger partial charge in [0.05, 0.1) is 0 Å². The molecule has 3 heteroatoms. The maximum atomic E-state index is 8.67. The predicted molar refractivity (Wildman–Crippen MR) is 83.5 cm³/mol. The van der Waals surface area contributed by atoms with Crippen LogP contribution in [0.25, 0.3) is 0 Å². The summed E-state index contributed by atoms with van der Waals surface area (Å²) < 4.78 is 0. The molecule has 0 aliphatic carbocycles. The van der Waals surface area contributed by atoms with Crippen molar-refractivity contribution in [2.24, 2.45) is 0 Å². The van der Waals surface area contributed by atoms with Crippen LogP contribution in [0.5, 0.6) is 0 Å². The lowest BCUT2D eigenvalue weighted by atomic mass is 9.87. The van der Waals surface area contributed by atoms with Gasteiger partial charge < -0.3 is 10.5 Å². The summed E-state index contributed by atoms with van der Waals surface area (Å²) in [5.74, 6) is 0. The minimum absolute atomic E-state index is 0.147. The van der Waals surface area contributed by atoms with Gasteiger partial charge in [0.1, 0.15) is 0 Å². The van der Waals surface area contributed by atoms with Crippen LogP contribution in [-0.2, 0) is 12.0 Å². The number of hydrogen-bond donors (Lipinski definition) is 3. The zero-order chi connectivity index (χ0) is 14.6. The van der Waals surface area contributed by atoms with Crippen molar-refractivity contribution < 1.29 is 5.21 Å². The number of anilines is 2. The van der Waals surface area contributed by atoms with E-state index in [1.807, 2.05) is 24.3 Å². The van der Waals surface area contributed by atoms with Crippen LogP contribution in [0, 0.1) is 0 Å². The molecule has 0 saturated carbocycles. The van der Waals surface area contributed by atoms with Gasteiger partial charge in [0.2, 0.25) is 0 Å². The van der Waals surface area contributed by atoms with Crippen molar-refractivity contribution in [1.82, 2.24) is 5.48 Å². The first-order valence-corrected chi connectivity index (χ1v) is 6.82. The standard InChI is InChI=1S/C17H22N2O/c1-17(2,3)14-5-4-6-16(11-14)19-15-9-7-13(8-10-15)12-18-20/h4-11,18-20H,12H2,1-3H3. The highest BCUT2D eigenvalue weighted by atomic mass is 16.5. The molecule has 0 aliphatic heterocycles. The first-order chi connectivity index (χ1) is 9.49. The summed E-state index contributed by atoms with van der Waals surface area (Å²) in [6.07, 6.45) is 0. The highest BCUT2D eigenvalue weighted by Crippen LogP contribution is 2.26. The van der Waals surface area contributed by atoms with Crippen LogP contribution in [0.4, 0.5) is 11.4 Å². The first kappa shape index (κ1) is 14.6. The van der Waals surface area contributed by atoms with Gasteiger partial charge in [-0.05, 0) is 40.8 Å². The molecule has 3 nitrogen and oxygen atoms in total. The zero-order valence-corrected chi connectivity index (χ0v) is 12.3. The lowest BCUT2D eigenvalue weighted by molar-refractivity contribution is 0.161. The highest BCUT2D eigenvalue weighted by Gasteiger charge is 2.13. The molecule has 2 aromatic carbocycles. The fourth-order valence-corrected chi connectivity index (χ4v) is 2.03. The lowest BCUT2D eigenvalue weighted by Crippen LogP contribution is -2.11. The molecule has 2 aromatic rings. The van der Waals surface area contributed by atoms with Gasteiger partial charge in [0.25, 0.3) is 0 Å². The second-order valence-corrected chi connectivity index (χ2v) is 5.99. The molecule has 0 atom stereocenters. The Morgan fingerprint density at radius 3 is 2.25 bits per heavy atom. The average Bonchev–Trinajstić information content (AvgIpc) is 2.41. The van der Waals surface area contributed by atoms with E-state index in [0.29, 0.717) is 6.54 Å². The van der Waals surface area contributed by atoms with E-state index in [-0.39, 0.29) is 5.41 Å². The van der Waals surface area contributed by atoms with E-state index in [2.05, 4.69) is 55.8 Å². The van der Waals surface area contributed by atoms with Crippen LogP contribution in [0.3, 0.4) is 0 Å². The van der Waals surface area contributed by atoms with Crippen molar-refractivity contribution in [3.8, 4) is 0 Å². The molecular weight excluding hydrogens is 248 g/mol. The van der Waals surface area contributed by atoms with Crippen molar-refractivity contribution in [3.63, 3.8) is 0 Å². The second-order valence-electron chi connectivity index (χ2n) is 5.99. The molecular formula is C17H22N2O. The fourth-order valence-electron chi connectivity index (χ4n) is 2.03. The summed E-state index contributed by atoms with van der Waals surface area (Å²) in [6.45, 7) is 7.09. The molecule has 0 aromatic heterocycles. The molecule has 0 aliphatic rings. The summed E-state index contributed by atoms with van der Waals surface area (Å²) in [4.78, 5) is 0. The summed E-state index contributed by atoms with van der Waals surface area (Å²) in [6, 6.07) is 16.5. The maximum Gasteiger partial charge on any atom is 0.0458 e. The van der Waals surface area contributed by atoms with Gasteiger partial charge in [0, 0.05) is 17.9 Å². The summed E-state index contributed by atoms with van der Waals surface area (Å²) in [5, 5.41) is 12.1. The van der Waals surface area contributed by atoms with Gasteiger partial charge >= 0.3 is 0 Å². The SMILES string of the molecule is CC(C)(C)c1cccc(Nc2ccc(CNO)cc2)c1. The van der Waals surface area contributed by atoms with E-state index in [1.165, 1.54) is 5.56 Å². The van der Waals surface area contributed by atoms with Crippen LogP contribution < -0.4 is 10.8 Å². The maximum absolute atomic E-state index is 8.67. The third-order valence-electron chi connectivity index (χ3n) is 3.25. The van der Waals surface area contributed by atoms with E-state index in [4.69, 9.17) is 5.21 Å². The smallest absolute Gasteiger partial charge is 0.0458 e. The van der Waals surface area contributed by atoms with Crippen molar-refractivity contribution in [2.75, 3.05) is 5.32 Å². The zero-order valence-electron chi connectivity index (χ0n) is 12.3. The van der Waals surface area contributed by atoms with Crippen molar-refractivity contribution in [1.29, 1.82) is 0 Å². The van der Waals surface area contributed by atoms with E-state index in [9.17, 15) is 0 Å². The van der Waals surface area contributed by atoms with Gasteiger partial charge in [-0.25, -0.2) is 5.48 Å². The average molecular weight is 270 g/mol. The molecule has 20 heavy (non-hydrogen) atoms. The van der Waals surface area contributed by atoms with Gasteiger partial charge in [-0.3, -0.25) is 0 Å². The third kappa shape index (κ3) is 3.83. The lowest BCUT2D eigenvalue weighted by Gasteiger charge is -2.20. The molecule has 0 saturated heterocycles. The van der Waals surface area contributed by atoms with Crippen LogP contribution in [0.15, 0.2) is 48.5 Å². The van der Waals surface area contributed by atoms with Crippen LogP contribution in [0.2, 0.25) is 0 Å². The molecule has 0 amide bonds. The molecule has 0 unspecified atom stereocenters. The van der Waals surface area contributed by atoms with Crippen LogP contribution >= 0.6 is 0 Å². The molecule has 3 N–H and O–H groups in total. The molecule has 0 radical (unpaired) electrons. The molecule has 0 bridgehead atoms. The number of hydrogen-bond acceptors (Lipinski definition) is 3. The number of rotatable bonds is 4. The van der Waals surface area contributed by atoms with Gasteiger partial charge in [-0.1, -0.05) is 45.0 Å². The Bertz CT molecular complexity index is 556.